The van der Waals surface area contributed by atoms with Crippen molar-refractivity contribution in [2.45, 2.75) is 19.3 Å². The molecule has 31 valence electrons. The molecule has 0 bridgehead atoms. The highest BCUT2D eigenvalue weighted by Crippen LogP contribution is 2.26. The summed E-state index contributed by atoms with van der Waals surface area (Å²) in [5, 5.41) is 0. The quantitative estimate of drug-likeness (QED) is 0.385. The van der Waals surface area contributed by atoms with Crippen molar-refractivity contribution in [2.24, 2.45) is 0 Å². The van der Waals surface area contributed by atoms with Crippen molar-refractivity contribution in [3.8, 4) is 12.3 Å². The average Bonchev–Trinajstić information content (AvgIpc) is 1.31. The van der Waals surface area contributed by atoms with Gasteiger partial charge < -0.3 is 0 Å². The molecule has 0 aromatic rings. The molecule has 0 atom stereocenters. The first-order valence-electron chi connectivity index (χ1n) is 2.25. The Morgan fingerprint density at radius 1 is 1.50 bits per heavy atom. The molecule has 6 heavy (non-hydrogen) atoms. The van der Waals surface area contributed by atoms with E-state index in [2.05, 4.69) is 5.92 Å². The van der Waals surface area contributed by atoms with E-state index >= 15 is 0 Å². The van der Waals surface area contributed by atoms with Gasteiger partial charge in [-0.05, 0) is 12.8 Å². The highest BCUT2D eigenvalue weighted by molar-refractivity contribution is 5.21. The van der Waals surface area contributed by atoms with Crippen LogP contribution in [0.5, 0.6) is 0 Å². The monoisotopic (exact) mass is 79.1 g/mol. The van der Waals surface area contributed by atoms with E-state index in [-0.39, 0.29) is 0 Å². The Balaban J connectivity index is 2.22. The van der Waals surface area contributed by atoms with Gasteiger partial charge in [-0.3, -0.25) is 0 Å². The van der Waals surface area contributed by atoms with Crippen LogP contribution in [-0.2, 0) is 0 Å². The van der Waals surface area contributed by atoms with Crippen molar-refractivity contribution >= 4 is 0 Å². The lowest BCUT2D eigenvalue weighted by atomic mass is 9.87. The van der Waals surface area contributed by atoms with E-state index < -0.39 is 0 Å². The molecule has 0 aromatic heterocycles. The molecule has 0 spiro atoms. The van der Waals surface area contributed by atoms with Crippen LogP contribution in [0.15, 0.2) is 0 Å². The topological polar surface area (TPSA) is 0 Å². The van der Waals surface area contributed by atoms with Gasteiger partial charge in [0, 0.05) is 5.92 Å². The van der Waals surface area contributed by atoms with Crippen molar-refractivity contribution in [2.75, 3.05) is 0 Å². The van der Waals surface area contributed by atoms with Gasteiger partial charge in [0.25, 0.3) is 0 Å². The maximum atomic E-state index is 5.05. The van der Waals surface area contributed by atoms with Crippen LogP contribution < -0.4 is 0 Å². The molecule has 0 unspecified atom stereocenters. The minimum absolute atomic E-state index is 1.19. The van der Waals surface area contributed by atoms with Crippen molar-refractivity contribution < 1.29 is 0 Å². The minimum atomic E-state index is 1.19. The SMILES string of the molecule is C#C[C]1CCC1. The van der Waals surface area contributed by atoms with E-state index in [1.807, 2.05) is 0 Å². The van der Waals surface area contributed by atoms with E-state index in [0.717, 1.165) is 0 Å². The fraction of sp³-hybridized carbons (Fsp3) is 0.500. The molecule has 0 N–H and O–H groups in total. The summed E-state index contributed by atoms with van der Waals surface area (Å²) in [5.74, 6) is 3.92. The lowest BCUT2D eigenvalue weighted by Gasteiger charge is -2.16. The Morgan fingerprint density at radius 2 is 2.17 bits per heavy atom. The molecule has 0 saturated heterocycles. The zero-order valence-electron chi connectivity index (χ0n) is 3.70. The molecule has 1 saturated carbocycles. The lowest BCUT2D eigenvalue weighted by molar-refractivity contribution is 0.598. The third kappa shape index (κ3) is 0.408. The van der Waals surface area contributed by atoms with Gasteiger partial charge in [-0.2, -0.15) is 0 Å². The maximum Gasteiger partial charge on any atom is 0.0477 e. The molecule has 0 heteroatoms. The first kappa shape index (κ1) is 3.74. The third-order valence-corrected chi connectivity index (χ3v) is 1.16. The molecule has 1 aliphatic rings. The molecule has 1 radical (unpaired) electrons. The van der Waals surface area contributed by atoms with Crippen LogP contribution in [-0.4, -0.2) is 0 Å². The number of terminal acetylenes is 1. The zero-order valence-corrected chi connectivity index (χ0v) is 3.70. The van der Waals surface area contributed by atoms with Gasteiger partial charge in [0.05, 0.1) is 0 Å². The summed E-state index contributed by atoms with van der Waals surface area (Å²) in [4.78, 5) is 0. The summed E-state index contributed by atoms with van der Waals surface area (Å²) >= 11 is 0. The Bertz CT molecular complexity index is 72.5. The highest BCUT2D eigenvalue weighted by Gasteiger charge is 2.13. The van der Waals surface area contributed by atoms with Crippen LogP contribution in [0.2, 0.25) is 0 Å². The van der Waals surface area contributed by atoms with Crippen molar-refractivity contribution in [1.29, 1.82) is 0 Å². The summed E-state index contributed by atoms with van der Waals surface area (Å²) in [6.07, 6.45) is 8.75. The standard InChI is InChI=1S/C6H7/c1-2-6-4-3-5-6/h1H,3-5H2. The van der Waals surface area contributed by atoms with Gasteiger partial charge in [0.2, 0.25) is 0 Å². The van der Waals surface area contributed by atoms with Crippen LogP contribution in [0.4, 0.5) is 0 Å². The van der Waals surface area contributed by atoms with Gasteiger partial charge in [0.1, 0.15) is 0 Å². The molecular weight excluding hydrogens is 72.1 g/mol. The molecule has 1 rings (SSSR count). The molecule has 1 fully saturated rings. The molecule has 0 nitrogen and oxygen atoms in total. The number of hydrogen-bond donors (Lipinski definition) is 0. The fourth-order valence-electron chi connectivity index (χ4n) is 0.498. The zero-order chi connectivity index (χ0) is 4.41. The van der Waals surface area contributed by atoms with E-state index in [9.17, 15) is 0 Å². The molecule has 0 amide bonds. The average molecular weight is 79.1 g/mol. The Labute approximate surface area is 38.6 Å². The minimum Gasteiger partial charge on any atom is -0.119 e. The molecule has 0 aromatic carbocycles. The summed E-state index contributed by atoms with van der Waals surface area (Å²) < 4.78 is 0. The molecular formula is C6H7. The second kappa shape index (κ2) is 1.34. The normalized spacial score (nSPS) is 21.8. The lowest BCUT2D eigenvalue weighted by Crippen LogP contribution is -2.03. The number of hydrogen-bond acceptors (Lipinski definition) is 0. The first-order valence-corrected chi connectivity index (χ1v) is 2.25. The first-order chi connectivity index (χ1) is 2.93. The summed E-state index contributed by atoms with van der Waals surface area (Å²) in [5.41, 5.74) is 0. The predicted molar refractivity (Wildman–Crippen MR) is 25.9 cm³/mol. The fourth-order valence-corrected chi connectivity index (χ4v) is 0.498. The van der Waals surface area contributed by atoms with Gasteiger partial charge in [-0.15, -0.1) is 6.42 Å². The molecule has 0 aliphatic heterocycles. The molecule has 0 heterocycles. The van der Waals surface area contributed by atoms with E-state index in [4.69, 9.17) is 6.42 Å². The van der Waals surface area contributed by atoms with Crippen LogP contribution in [0.1, 0.15) is 19.3 Å². The Hall–Kier alpha value is -0.440. The third-order valence-electron chi connectivity index (χ3n) is 1.16. The summed E-state index contributed by atoms with van der Waals surface area (Å²) in [6.45, 7) is 0. The van der Waals surface area contributed by atoms with Crippen molar-refractivity contribution in [1.82, 2.24) is 0 Å². The summed E-state index contributed by atoms with van der Waals surface area (Å²) in [7, 11) is 0. The molecule has 1 aliphatic carbocycles. The van der Waals surface area contributed by atoms with E-state index in [0.29, 0.717) is 0 Å². The van der Waals surface area contributed by atoms with Crippen LogP contribution in [0.3, 0.4) is 0 Å². The van der Waals surface area contributed by atoms with Crippen LogP contribution in [0, 0.1) is 18.3 Å². The Morgan fingerprint density at radius 3 is 2.17 bits per heavy atom. The van der Waals surface area contributed by atoms with E-state index in [1.54, 1.807) is 0 Å². The van der Waals surface area contributed by atoms with Crippen molar-refractivity contribution in [3.63, 3.8) is 0 Å². The van der Waals surface area contributed by atoms with Crippen LogP contribution >= 0.6 is 0 Å². The predicted octanol–water partition coefficient (Wildman–Crippen LogP) is 1.38. The second-order valence-electron chi connectivity index (χ2n) is 1.60. The highest BCUT2D eigenvalue weighted by atomic mass is 14.2. The largest absolute Gasteiger partial charge is 0.119 e. The Kier molecular flexibility index (Phi) is 0.837. The van der Waals surface area contributed by atoms with Crippen molar-refractivity contribution in [3.05, 3.63) is 5.92 Å². The van der Waals surface area contributed by atoms with Gasteiger partial charge in [0.15, 0.2) is 0 Å². The van der Waals surface area contributed by atoms with E-state index in [1.165, 1.54) is 25.2 Å². The van der Waals surface area contributed by atoms with Crippen LogP contribution in [0.25, 0.3) is 0 Å². The number of rotatable bonds is 0. The second-order valence-corrected chi connectivity index (χ2v) is 1.60. The maximum absolute atomic E-state index is 5.05. The van der Waals surface area contributed by atoms with Gasteiger partial charge >= 0.3 is 0 Å². The summed E-state index contributed by atoms with van der Waals surface area (Å²) in [6, 6.07) is 0. The smallest absolute Gasteiger partial charge is 0.0477 e. The van der Waals surface area contributed by atoms with Gasteiger partial charge in [-0.25, -0.2) is 0 Å². The van der Waals surface area contributed by atoms with Gasteiger partial charge in [-0.1, -0.05) is 12.3 Å².